The first kappa shape index (κ1) is 15.5. The normalized spacial score (nSPS) is 12.7. The van der Waals surface area contributed by atoms with Crippen molar-refractivity contribution in [3.8, 4) is 0 Å². The molecule has 0 saturated carbocycles. The van der Waals surface area contributed by atoms with Gasteiger partial charge in [-0.05, 0) is 46.6 Å². The highest BCUT2D eigenvalue weighted by Gasteiger charge is 2.21. The second-order valence-electron chi connectivity index (χ2n) is 4.56. The average Bonchev–Trinajstić information content (AvgIpc) is 2.75. The summed E-state index contributed by atoms with van der Waals surface area (Å²) < 4.78 is 16.0. The molecule has 1 aromatic carbocycles. The van der Waals surface area contributed by atoms with Crippen molar-refractivity contribution in [2.24, 2.45) is 7.05 Å². The number of hydrogen-bond donors (Lipinski definition) is 1. The van der Waals surface area contributed by atoms with Crippen molar-refractivity contribution in [3.63, 3.8) is 0 Å². The first-order valence-corrected chi connectivity index (χ1v) is 7.57. The van der Waals surface area contributed by atoms with Gasteiger partial charge in [-0.15, -0.1) is 0 Å². The number of halogens is 3. The summed E-state index contributed by atoms with van der Waals surface area (Å²) in [6.07, 6.45) is 2.75. The molecule has 3 nitrogen and oxygen atoms in total. The van der Waals surface area contributed by atoms with E-state index in [0.29, 0.717) is 0 Å². The molecule has 0 aliphatic rings. The largest absolute Gasteiger partial charge is 0.305 e. The third kappa shape index (κ3) is 3.22. The van der Waals surface area contributed by atoms with Crippen molar-refractivity contribution in [1.29, 1.82) is 0 Å². The molecule has 108 valence electrons. The van der Waals surface area contributed by atoms with E-state index in [9.17, 15) is 4.39 Å². The lowest BCUT2D eigenvalue weighted by atomic mass is 10.0. The summed E-state index contributed by atoms with van der Waals surface area (Å²) in [5.41, 5.74) is 1.90. The Morgan fingerprint density at radius 2 is 2.25 bits per heavy atom. The molecule has 0 spiro atoms. The second-order valence-corrected chi connectivity index (χ2v) is 5.82. The van der Waals surface area contributed by atoms with Crippen LogP contribution in [0.3, 0.4) is 0 Å². The van der Waals surface area contributed by atoms with Gasteiger partial charge in [0.05, 0.1) is 27.4 Å². The number of hydrogen-bond acceptors (Lipinski definition) is 2. The zero-order chi connectivity index (χ0) is 14.7. The summed E-state index contributed by atoms with van der Waals surface area (Å²) in [7, 11) is 1.88. The maximum Gasteiger partial charge on any atom is 0.141 e. The molecular formula is C14H16BrClFN3. The maximum absolute atomic E-state index is 13.3. The minimum absolute atomic E-state index is 0.0880. The van der Waals surface area contributed by atoms with Crippen LogP contribution in [0.25, 0.3) is 0 Å². The molecule has 1 atom stereocenters. The van der Waals surface area contributed by atoms with Gasteiger partial charge in [-0.1, -0.05) is 24.6 Å². The van der Waals surface area contributed by atoms with Crippen LogP contribution in [0.4, 0.5) is 4.39 Å². The molecule has 0 saturated heterocycles. The number of benzene rings is 1. The Hall–Kier alpha value is -0.910. The Morgan fingerprint density at radius 1 is 1.50 bits per heavy atom. The van der Waals surface area contributed by atoms with E-state index in [1.165, 1.54) is 6.07 Å². The fraction of sp³-hybridized carbons (Fsp3) is 0.357. The Kier molecular flexibility index (Phi) is 5.18. The molecule has 1 N–H and O–H groups in total. The standard InChI is InChI=1S/C14H16BrClFN3/c1-3-6-18-13(14-10(15)8-19-20(14)2)9-4-5-12(17)11(16)7-9/h4-5,7-8,13,18H,3,6H2,1-2H3. The highest BCUT2D eigenvalue weighted by atomic mass is 79.9. The summed E-state index contributed by atoms with van der Waals surface area (Å²) in [4.78, 5) is 0. The minimum Gasteiger partial charge on any atom is -0.305 e. The molecule has 1 unspecified atom stereocenters. The van der Waals surface area contributed by atoms with Crippen molar-refractivity contribution in [3.05, 3.63) is 51.0 Å². The van der Waals surface area contributed by atoms with Crippen molar-refractivity contribution in [2.75, 3.05) is 6.54 Å². The van der Waals surface area contributed by atoms with Gasteiger partial charge >= 0.3 is 0 Å². The van der Waals surface area contributed by atoms with Crippen molar-refractivity contribution < 1.29 is 4.39 Å². The van der Waals surface area contributed by atoms with E-state index >= 15 is 0 Å². The van der Waals surface area contributed by atoms with Gasteiger partial charge in [0.15, 0.2) is 0 Å². The van der Waals surface area contributed by atoms with E-state index in [0.717, 1.165) is 28.7 Å². The Bertz CT molecular complexity index is 581. The summed E-state index contributed by atoms with van der Waals surface area (Å²) in [6, 6.07) is 4.70. The fourth-order valence-electron chi connectivity index (χ4n) is 2.10. The van der Waals surface area contributed by atoms with Crippen LogP contribution >= 0.6 is 27.5 Å². The van der Waals surface area contributed by atoms with Crippen LogP contribution in [0, 0.1) is 5.82 Å². The van der Waals surface area contributed by atoms with Crippen LogP contribution in [0.15, 0.2) is 28.9 Å². The quantitative estimate of drug-likeness (QED) is 0.871. The zero-order valence-corrected chi connectivity index (χ0v) is 13.7. The predicted octanol–water partition coefficient (Wildman–Crippen LogP) is 4.06. The average molecular weight is 361 g/mol. The van der Waals surface area contributed by atoms with Crippen LogP contribution in [-0.4, -0.2) is 16.3 Å². The molecule has 6 heteroatoms. The van der Waals surface area contributed by atoms with Crippen LogP contribution < -0.4 is 5.32 Å². The second kappa shape index (κ2) is 6.70. The van der Waals surface area contributed by atoms with Crippen molar-refractivity contribution >= 4 is 27.5 Å². The van der Waals surface area contributed by atoms with Gasteiger partial charge in [-0.25, -0.2) is 4.39 Å². The summed E-state index contributed by atoms with van der Waals surface area (Å²) in [6.45, 7) is 2.94. The number of aromatic nitrogens is 2. The molecule has 0 fully saturated rings. The summed E-state index contributed by atoms with van der Waals surface area (Å²) in [5, 5.41) is 7.81. The minimum atomic E-state index is -0.409. The molecule has 0 amide bonds. The van der Waals surface area contributed by atoms with Crippen LogP contribution in [0.2, 0.25) is 5.02 Å². The lowest BCUT2D eigenvalue weighted by molar-refractivity contribution is 0.550. The molecule has 0 aliphatic carbocycles. The zero-order valence-electron chi connectivity index (χ0n) is 11.3. The topological polar surface area (TPSA) is 29.9 Å². The highest BCUT2D eigenvalue weighted by molar-refractivity contribution is 9.10. The van der Waals surface area contributed by atoms with Gasteiger partial charge in [0.1, 0.15) is 5.82 Å². The van der Waals surface area contributed by atoms with Crippen LogP contribution in [0.5, 0.6) is 0 Å². The number of nitrogens with one attached hydrogen (secondary N) is 1. The molecule has 0 radical (unpaired) electrons. The van der Waals surface area contributed by atoms with E-state index in [2.05, 4.69) is 33.3 Å². The predicted molar refractivity (Wildman–Crippen MR) is 82.5 cm³/mol. The van der Waals surface area contributed by atoms with Gasteiger partial charge in [0, 0.05) is 7.05 Å². The molecule has 1 heterocycles. The Balaban J connectivity index is 2.44. The Labute approximate surface area is 131 Å². The molecular weight excluding hydrogens is 345 g/mol. The number of nitrogens with zero attached hydrogens (tertiary/aromatic N) is 2. The lowest BCUT2D eigenvalue weighted by Crippen LogP contribution is -2.25. The third-order valence-corrected chi connectivity index (χ3v) is 3.99. The van der Waals surface area contributed by atoms with Crippen molar-refractivity contribution in [1.82, 2.24) is 15.1 Å². The molecule has 2 aromatic rings. The van der Waals surface area contributed by atoms with Gasteiger partial charge in [0.25, 0.3) is 0 Å². The van der Waals surface area contributed by atoms with Gasteiger partial charge < -0.3 is 5.32 Å². The molecule has 2 rings (SSSR count). The third-order valence-electron chi connectivity index (χ3n) is 3.09. The van der Waals surface area contributed by atoms with E-state index in [-0.39, 0.29) is 11.1 Å². The van der Waals surface area contributed by atoms with E-state index in [1.54, 1.807) is 23.0 Å². The molecule has 20 heavy (non-hydrogen) atoms. The van der Waals surface area contributed by atoms with Crippen LogP contribution in [0.1, 0.15) is 30.6 Å². The Morgan fingerprint density at radius 3 is 2.80 bits per heavy atom. The number of aryl methyl sites for hydroxylation is 1. The van der Waals surface area contributed by atoms with Crippen LogP contribution in [-0.2, 0) is 7.05 Å². The smallest absolute Gasteiger partial charge is 0.141 e. The first-order chi connectivity index (χ1) is 9.54. The monoisotopic (exact) mass is 359 g/mol. The summed E-state index contributed by atoms with van der Waals surface area (Å²) in [5.74, 6) is -0.409. The van der Waals surface area contributed by atoms with Gasteiger partial charge in [0.2, 0.25) is 0 Å². The number of rotatable bonds is 5. The lowest BCUT2D eigenvalue weighted by Gasteiger charge is -2.20. The van der Waals surface area contributed by atoms with E-state index in [1.807, 2.05) is 7.05 Å². The fourth-order valence-corrected chi connectivity index (χ4v) is 2.86. The molecule has 0 bridgehead atoms. The first-order valence-electron chi connectivity index (χ1n) is 6.40. The van der Waals surface area contributed by atoms with E-state index in [4.69, 9.17) is 11.6 Å². The van der Waals surface area contributed by atoms with Gasteiger partial charge in [-0.2, -0.15) is 5.10 Å². The molecule has 0 aliphatic heterocycles. The molecule has 1 aromatic heterocycles. The highest BCUT2D eigenvalue weighted by Crippen LogP contribution is 2.30. The maximum atomic E-state index is 13.3. The van der Waals surface area contributed by atoms with Gasteiger partial charge in [-0.3, -0.25) is 4.68 Å². The van der Waals surface area contributed by atoms with Crippen molar-refractivity contribution in [2.45, 2.75) is 19.4 Å². The SMILES string of the molecule is CCCNC(c1ccc(F)c(Cl)c1)c1c(Br)cnn1C. The summed E-state index contributed by atoms with van der Waals surface area (Å²) >= 11 is 9.41. The van der Waals surface area contributed by atoms with E-state index < -0.39 is 5.82 Å².